The molecule has 3 nitrogen and oxygen atoms in total. The van der Waals surface area contributed by atoms with Gasteiger partial charge in [-0.1, -0.05) is 13.8 Å². The number of carbonyl (C=O) groups is 1. The van der Waals surface area contributed by atoms with Gasteiger partial charge in [-0.15, -0.1) is 0 Å². The van der Waals surface area contributed by atoms with Crippen LogP contribution in [0.4, 0.5) is 0 Å². The lowest BCUT2D eigenvalue weighted by Crippen LogP contribution is -2.39. The second kappa shape index (κ2) is 5.38. The minimum absolute atomic E-state index is 0.383. The Hall–Kier alpha value is -0.570. The molecule has 0 radical (unpaired) electrons. The van der Waals surface area contributed by atoms with Crippen molar-refractivity contribution < 1.29 is 4.79 Å². The van der Waals surface area contributed by atoms with Gasteiger partial charge in [0.25, 0.3) is 0 Å². The maximum absolute atomic E-state index is 12.1. The van der Waals surface area contributed by atoms with Gasteiger partial charge in [-0.25, -0.2) is 0 Å². The van der Waals surface area contributed by atoms with Gasteiger partial charge >= 0.3 is 0 Å². The Kier molecular flexibility index (Phi) is 4.08. The molecule has 2 saturated heterocycles. The third kappa shape index (κ3) is 3.21. The van der Waals surface area contributed by atoms with E-state index in [1.165, 1.54) is 19.3 Å². The fourth-order valence-corrected chi connectivity index (χ4v) is 3.08. The summed E-state index contributed by atoms with van der Waals surface area (Å²) >= 11 is 0. The number of hydrogen-bond donors (Lipinski definition) is 1. The fraction of sp³-hybridized carbons (Fsp3) is 0.929. The fourth-order valence-electron chi connectivity index (χ4n) is 3.08. The van der Waals surface area contributed by atoms with Crippen LogP contribution in [0.15, 0.2) is 0 Å². The molecule has 2 fully saturated rings. The van der Waals surface area contributed by atoms with Gasteiger partial charge in [0.1, 0.15) is 0 Å². The minimum Gasteiger partial charge on any atom is -0.342 e. The molecule has 0 unspecified atom stereocenters. The topological polar surface area (TPSA) is 32.3 Å². The minimum atomic E-state index is 0.383. The number of nitrogens with one attached hydrogen (secondary N) is 1. The SMILES string of the molecule is CC(C)CCC(=O)N1CCC2(CCNCC2)C1. The molecular formula is C14H26N2O. The Labute approximate surface area is 105 Å². The van der Waals surface area contributed by atoms with E-state index >= 15 is 0 Å². The number of likely N-dealkylation sites (tertiary alicyclic amines) is 1. The standard InChI is InChI=1S/C14H26N2O/c1-12(2)3-4-13(17)16-10-7-14(11-16)5-8-15-9-6-14/h12,15H,3-11H2,1-2H3. The van der Waals surface area contributed by atoms with Crippen LogP contribution in [0.1, 0.15) is 46.0 Å². The average Bonchev–Trinajstić information content (AvgIpc) is 2.71. The van der Waals surface area contributed by atoms with E-state index in [-0.39, 0.29) is 0 Å². The third-order valence-corrected chi connectivity index (χ3v) is 4.39. The monoisotopic (exact) mass is 238 g/mol. The predicted octanol–water partition coefficient (Wildman–Crippen LogP) is 2.02. The number of amides is 1. The summed E-state index contributed by atoms with van der Waals surface area (Å²) in [5.74, 6) is 1.02. The molecule has 1 amide bonds. The van der Waals surface area contributed by atoms with Crippen LogP contribution >= 0.6 is 0 Å². The summed E-state index contributed by atoms with van der Waals surface area (Å²) in [4.78, 5) is 14.2. The first-order chi connectivity index (χ1) is 8.11. The molecule has 2 aliphatic rings. The molecule has 2 aliphatic heterocycles. The maximum atomic E-state index is 12.1. The molecule has 1 spiro atoms. The van der Waals surface area contributed by atoms with Gasteiger partial charge in [0.2, 0.25) is 5.91 Å². The molecule has 0 bridgehead atoms. The molecule has 0 aromatic rings. The molecule has 2 rings (SSSR count). The van der Waals surface area contributed by atoms with Crippen LogP contribution in [-0.4, -0.2) is 37.0 Å². The highest BCUT2D eigenvalue weighted by molar-refractivity contribution is 5.76. The van der Waals surface area contributed by atoms with Crippen molar-refractivity contribution in [3.63, 3.8) is 0 Å². The Morgan fingerprint density at radius 1 is 1.29 bits per heavy atom. The molecule has 3 heteroatoms. The van der Waals surface area contributed by atoms with Crippen molar-refractivity contribution in [3.05, 3.63) is 0 Å². The molecule has 2 heterocycles. The van der Waals surface area contributed by atoms with E-state index < -0.39 is 0 Å². The van der Waals surface area contributed by atoms with Gasteiger partial charge < -0.3 is 10.2 Å². The summed E-state index contributed by atoms with van der Waals surface area (Å²) in [5.41, 5.74) is 0.457. The lowest BCUT2D eigenvalue weighted by molar-refractivity contribution is -0.130. The van der Waals surface area contributed by atoms with Gasteiger partial charge in [-0.3, -0.25) is 4.79 Å². The van der Waals surface area contributed by atoms with Crippen LogP contribution in [0.2, 0.25) is 0 Å². The normalized spacial score (nSPS) is 23.6. The van der Waals surface area contributed by atoms with Gasteiger partial charge in [-0.05, 0) is 50.1 Å². The van der Waals surface area contributed by atoms with Crippen molar-refractivity contribution in [2.45, 2.75) is 46.0 Å². The summed E-state index contributed by atoms with van der Waals surface area (Å²) in [6.45, 7) is 8.65. The highest BCUT2D eigenvalue weighted by atomic mass is 16.2. The van der Waals surface area contributed by atoms with Gasteiger partial charge in [0.05, 0.1) is 0 Å². The zero-order valence-corrected chi connectivity index (χ0v) is 11.3. The van der Waals surface area contributed by atoms with Crippen molar-refractivity contribution in [3.8, 4) is 0 Å². The predicted molar refractivity (Wildman–Crippen MR) is 69.8 cm³/mol. The summed E-state index contributed by atoms with van der Waals surface area (Å²) in [7, 11) is 0. The lowest BCUT2D eigenvalue weighted by Gasteiger charge is -2.33. The van der Waals surface area contributed by atoms with E-state index in [0.29, 0.717) is 17.2 Å². The number of piperidine rings is 1. The molecule has 0 aromatic heterocycles. The number of nitrogens with zero attached hydrogens (tertiary/aromatic N) is 1. The molecule has 0 saturated carbocycles. The Morgan fingerprint density at radius 3 is 2.65 bits per heavy atom. The van der Waals surface area contributed by atoms with E-state index in [9.17, 15) is 4.79 Å². The maximum Gasteiger partial charge on any atom is 0.222 e. The molecule has 1 N–H and O–H groups in total. The molecule has 0 aromatic carbocycles. The highest BCUT2D eigenvalue weighted by Gasteiger charge is 2.40. The first kappa shape index (κ1) is 12.9. The molecular weight excluding hydrogens is 212 g/mol. The number of carbonyl (C=O) groups excluding carboxylic acids is 1. The Balaban J connectivity index is 1.82. The van der Waals surface area contributed by atoms with Crippen LogP contribution in [0.5, 0.6) is 0 Å². The Morgan fingerprint density at radius 2 is 2.00 bits per heavy atom. The van der Waals surface area contributed by atoms with Gasteiger partial charge in [-0.2, -0.15) is 0 Å². The summed E-state index contributed by atoms with van der Waals surface area (Å²) < 4.78 is 0. The summed E-state index contributed by atoms with van der Waals surface area (Å²) in [6.07, 6.45) is 5.50. The van der Waals surface area contributed by atoms with E-state index in [1.807, 2.05) is 0 Å². The van der Waals surface area contributed by atoms with Gasteiger partial charge in [0.15, 0.2) is 0 Å². The Bertz CT molecular complexity index is 269. The average molecular weight is 238 g/mol. The van der Waals surface area contributed by atoms with Crippen molar-refractivity contribution in [1.82, 2.24) is 10.2 Å². The third-order valence-electron chi connectivity index (χ3n) is 4.39. The second-order valence-corrected chi connectivity index (χ2v) is 6.25. The van der Waals surface area contributed by atoms with Crippen molar-refractivity contribution in [1.29, 1.82) is 0 Å². The quantitative estimate of drug-likeness (QED) is 0.816. The zero-order valence-electron chi connectivity index (χ0n) is 11.3. The largest absolute Gasteiger partial charge is 0.342 e. The molecule has 0 atom stereocenters. The van der Waals surface area contributed by atoms with E-state index in [4.69, 9.17) is 0 Å². The molecule has 17 heavy (non-hydrogen) atoms. The van der Waals surface area contributed by atoms with E-state index in [1.54, 1.807) is 0 Å². The smallest absolute Gasteiger partial charge is 0.222 e. The number of hydrogen-bond acceptors (Lipinski definition) is 2. The molecule has 98 valence electrons. The van der Waals surface area contributed by atoms with Crippen LogP contribution in [0, 0.1) is 11.3 Å². The van der Waals surface area contributed by atoms with Crippen molar-refractivity contribution in [2.24, 2.45) is 11.3 Å². The zero-order chi connectivity index (χ0) is 12.3. The summed E-state index contributed by atoms with van der Waals surface area (Å²) in [6, 6.07) is 0. The van der Waals surface area contributed by atoms with Crippen LogP contribution in [-0.2, 0) is 4.79 Å². The van der Waals surface area contributed by atoms with Gasteiger partial charge in [0, 0.05) is 19.5 Å². The van der Waals surface area contributed by atoms with Crippen LogP contribution in [0.3, 0.4) is 0 Å². The van der Waals surface area contributed by atoms with Crippen LogP contribution < -0.4 is 5.32 Å². The molecule has 0 aliphatic carbocycles. The first-order valence-electron chi connectivity index (χ1n) is 7.10. The number of rotatable bonds is 3. The van der Waals surface area contributed by atoms with E-state index in [0.717, 1.165) is 39.0 Å². The summed E-state index contributed by atoms with van der Waals surface area (Å²) in [5, 5.41) is 3.42. The first-order valence-corrected chi connectivity index (χ1v) is 7.10. The lowest BCUT2D eigenvalue weighted by atomic mass is 9.78. The highest BCUT2D eigenvalue weighted by Crippen LogP contribution is 2.38. The van der Waals surface area contributed by atoms with Crippen molar-refractivity contribution >= 4 is 5.91 Å². The van der Waals surface area contributed by atoms with Crippen molar-refractivity contribution in [2.75, 3.05) is 26.2 Å². The van der Waals surface area contributed by atoms with E-state index in [2.05, 4.69) is 24.1 Å². The second-order valence-electron chi connectivity index (χ2n) is 6.25. The van der Waals surface area contributed by atoms with Crippen LogP contribution in [0.25, 0.3) is 0 Å².